The Labute approximate surface area is 101 Å². The van der Waals surface area contributed by atoms with Crippen LogP contribution in [0.4, 0.5) is 0 Å². The minimum absolute atomic E-state index is 0.571. The van der Waals surface area contributed by atoms with Crippen LogP contribution in [0.25, 0.3) is 0 Å². The molecule has 1 rings (SSSR count). The molecule has 0 aliphatic carbocycles. The summed E-state index contributed by atoms with van der Waals surface area (Å²) < 4.78 is 0. The Bertz CT molecular complexity index is 194. The van der Waals surface area contributed by atoms with Crippen molar-refractivity contribution in [2.45, 2.75) is 45.7 Å². The highest BCUT2D eigenvalue weighted by molar-refractivity contribution is 4.82. The average molecular weight is 227 g/mol. The molecule has 0 aromatic carbocycles. The van der Waals surface area contributed by atoms with Gasteiger partial charge < -0.3 is 10.6 Å². The minimum Gasteiger partial charge on any atom is -0.329 e. The fourth-order valence-electron chi connectivity index (χ4n) is 2.84. The van der Waals surface area contributed by atoms with Crippen molar-refractivity contribution in [1.29, 1.82) is 0 Å². The van der Waals surface area contributed by atoms with Gasteiger partial charge in [0, 0.05) is 31.7 Å². The van der Waals surface area contributed by atoms with Gasteiger partial charge in [0.2, 0.25) is 0 Å². The Morgan fingerprint density at radius 2 is 2.00 bits per heavy atom. The number of hydrogen-bond donors (Lipinski definition) is 1. The van der Waals surface area contributed by atoms with Gasteiger partial charge in [0.1, 0.15) is 0 Å². The van der Waals surface area contributed by atoms with Crippen LogP contribution in [0.2, 0.25) is 0 Å². The number of rotatable bonds is 4. The van der Waals surface area contributed by atoms with Crippen molar-refractivity contribution in [2.24, 2.45) is 11.7 Å². The molecule has 1 heterocycles. The van der Waals surface area contributed by atoms with Gasteiger partial charge >= 0.3 is 0 Å². The van der Waals surface area contributed by atoms with E-state index in [9.17, 15) is 0 Å². The molecule has 0 amide bonds. The summed E-state index contributed by atoms with van der Waals surface area (Å²) in [6, 6.07) is 1.21. The van der Waals surface area contributed by atoms with E-state index in [0.29, 0.717) is 12.1 Å². The zero-order valence-corrected chi connectivity index (χ0v) is 11.4. The van der Waals surface area contributed by atoms with Gasteiger partial charge in [-0.3, -0.25) is 4.90 Å². The first-order chi connectivity index (χ1) is 7.54. The molecule has 3 heteroatoms. The van der Waals surface area contributed by atoms with Gasteiger partial charge in [0.15, 0.2) is 0 Å². The fourth-order valence-corrected chi connectivity index (χ4v) is 2.84. The van der Waals surface area contributed by atoms with E-state index in [4.69, 9.17) is 5.73 Å². The van der Waals surface area contributed by atoms with Gasteiger partial charge in [-0.2, -0.15) is 0 Å². The first kappa shape index (κ1) is 13.9. The van der Waals surface area contributed by atoms with Crippen LogP contribution in [-0.4, -0.2) is 55.1 Å². The SMILES string of the molecule is CC(C)CC(CN)N1CCCN(C)CC1C. The minimum atomic E-state index is 0.571. The third kappa shape index (κ3) is 4.04. The quantitative estimate of drug-likeness (QED) is 0.788. The number of likely N-dealkylation sites (N-methyl/N-ethyl adjacent to an activating group) is 1. The van der Waals surface area contributed by atoms with E-state index >= 15 is 0 Å². The van der Waals surface area contributed by atoms with Crippen LogP contribution in [0.15, 0.2) is 0 Å². The topological polar surface area (TPSA) is 32.5 Å². The van der Waals surface area contributed by atoms with Crippen LogP contribution in [0.1, 0.15) is 33.6 Å². The van der Waals surface area contributed by atoms with Gasteiger partial charge in [0.25, 0.3) is 0 Å². The second kappa shape index (κ2) is 6.58. The predicted molar refractivity (Wildman–Crippen MR) is 70.6 cm³/mol. The van der Waals surface area contributed by atoms with E-state index in [-0.39, 0.29) is 0 Å². The van der Waals surface area contributed by atoms with Crippen molar-refractivity contribution in [3.8, 4) is 0 Å². The monoisotopic (exact) mass is 227 g/mol. The Kier molecular flexibility index (Phi) is 5.73. The molecule has 96 valence electrons. The molecule has 1 aliphatic heterocycles. The number of nitrogens with two attached hydrogens (primary N) is 1. The van der Waals surface area contributed by atoms with Gasteiger partial charge in [0.05, 0.1) is 0 Å². The molecule has 0 aromatic heterocycles. The van der Waals surface area contributed by atoms with Crippen molar-refractivity contribution >= 4 is 0 Å². The Morgan fingerprint density at radius 3 is 2.56 bits per heavy atom. The summed E-state index contributed by atoms with van der Waals surface area (Å²) in [6.07, 6.45) is 2.50. The third-order valence-corrected chi connectivity index (χ3v) is 3.58. The molecule has 0 bridgehead atoms. The average Bonchev–Trinajstić information content (AvgIpc) is 2.36. The van der Waals surface area contributed by atoms with E-state index in [0.717, 1.165) is 12.5 Å². The van der Waals surface area contributed by atoms with Crippen molar-refractivity contribution in [1.82, 2.24) is 9.80 Å². The predicted octanol–water partition coefficient (Wildman–Crippen LogP) is 1.39. The molecule has 0 spiro atoms. The maximum absolute atomic E-state index is 5.94. The molecule has 0 saturated carbocycles. The first-order valence-electron chi connectivity index (χ1n) is 6.69. The van der Waals surface area contributed by atoms with Gasteiger partial charge in [-0.1, -0.05) is 13.8 Å². The van der Waals surface area contributed by atoms with Crippen LogP contribution in [0.3, 0.4) is 0 Å². The lowest BCUT2D eigenvalue weighted by molar-refractivity contribution is 0.130. The lowest BCUT2D eigenvalue weighted by Gasteiger charge is -2.36. The fraction of sp³-hybridized carbons (Fsp3) is 1.00. The van der Waals surface area contributed by atoms with E-state index < -0.39 is 0 Å². The summed E-state index contributed by atoms with van der Waals surface area (Å²) in [6.45, 7) is 11.3. The maximum Gasteiger partial charge on any atom is 0.0224 e. The highest BCUT2D eigenvalue weighted by Crippen LogP contribution is 2.17. The number of hydrogen-bond acceptors (Lipinski definition) is 3. The van der Waals surface area contributed by atoms with Crippen LogP contribution in [-0.2, 0) is 0 Å². The Hall–Kier alpha value is -0.120. The van der Waals surface area contributed by atoms with E-state index in [2.05, 4.69) is 37.6 Å². The molecule has 2 atom stereocenters. The van der Waals surface area contributed by atoms with Gasteiger partial charge in [-0.05, 0) is 39.3 Å². The summed E-state index contributed by atoms with van der Waals surface area (Å²) in [5.74, 6) is 0.738. The van der Waals surface area contributed by atoms with Gasteiger partial charge in [-0.25, -0.2) is 0 Å². The Balaban J connectivity index is 2.59. The normalized spacial score (nSPS) is 27.0. The van der Waals surface area contributed by atoms with Crippen molar-refractivity contribution in [3.05, 3.63) is 0 Å². The van der Waals surface area contributed by atoms with Crippen molar-refractivity contribution in [3.63, 3.8) is 0 Å². The van der Waals surface area contributed by atoms with E-state index in [1.54, 1.807) is 0 Å². The molecule has 2 N–H and O–H groups in total. The van der Waals surface area contributed by atoms with Crippen LogP contribution in [0, 0.1) is 5.92 Å². The molecular formula is C13H29N3. The lowest BCUT2D eigenvalue weighted by atomic mass is 10.0. The van der Waals surface area contributed by atoms with Crippen molar-refractivity contribution < 1.29 is 0 Å². The zero-order valence-electron chi connectivity index (χ0n) is 11.4. The second-order valence-corrected chi connectivity index (χ2v) is 5.72. The molecule has 1 aliphatic rings. The summed E-state index contributed by atoms with van der Waals surface area (Å²) in [4.78, 5) is 5.07. The summed E-state index contributed by atoms with van der Waals surface area (Å²) >= 11 is 0. The zero-order chi connectivity index (χ0) is 12.1. The summed E-state index contributed by atoms with van der Waals surface area (Å²) in [7, 11) is 2.22. The maximum atomic E-state index is 5.94. The molecule has 16 heavy (non-hydrogen) atoms. The van der Waals surface area contributed by atoms with Crippen LogP contribution < -0.4 is 5.73 Å². The summed E-state index contributed by atoms with van der Waals surface area (Å²) in [5.41, 5.74) is 5.94. The largest absolute Gasteiger partial charge is 0.329 e. The first-order valence-corrected chi connectivity index (χ1v) is 6.69. The molecule has 3 nitrogen and oxygen atoms in total. The standard InChI is InChI=1S/C13H29N3/c1-11(2)8-13(9-14)16-7-5-6-15(4)10-12(16)3/h11-13H,5-10,14H2,1-4H3. The highest BCUT2D eigenvalue weighted by atomic mass is 15.2. The smallest absolute Gasteiger partial charge is 0.0224 e. The number of nitrogens with zero attached hydrogens (tertiary/aromatic N) is 2. The Morgan fingerprint density at radius 1 is 1.31 bits per heavy atom. The molecule has 0 aromatic rings. The van der Waals surface area contributed by atoms with E-state index in [1.807, 2.05) is 0 Å². The molecule has 1 saturated heterocycles. The molecule has 2 unspecified atom stereocenters. The van der Waals surface area contributed by atoms with Crippen LogP contribution in [0.5, 0.6) is 0 Å². The molecular weight excluding hydrogens is 198 g/mol. The molecule has 0 radical (unpaired) electrons. The second-order valence-electron chi connectivity index (χ2n) is 5.72. The van der Waals surface area contributed by atoms with Gasteiger partial charge in [-0.15, -0.1) is 0 Å². The highest BCUT2D eigenvalue weighted by Gasteiger charge is 2.25. The van der Waals surface area contributed by atoms with Crippen LogP contribution >= 0.6 is 0 Å². The van der Waals surface area contributed by atoms with E-state index in [1.165, 1.54) is 32.5 Å². The summed E-state index contributed by atoms with van der Waals surface area (Å²) in [5, 5.41) is 0. The molecule has 1 fully saturated rings. The van der Waals surface area contributed by atoms with Crippen molar-refractivity contribution in [2.75, 3.05) is 33.2 Å². The lowest BCUT2D eigenvalue weighted by Crippen LogP contribution is -2.48. The third-order valence-electron chi connectivity index (χ3n) is 3.58.